The van der Waals surface area contributed by atoms with Gasteiger partial charge in [-0.15, -0.1) is 0 Å². The molecule has 0 aromatic rings. The number of ether oxygens (including phenoxy) is 1. The van der Waals surface area contributed by atoms with E-state index in [2.05, 4.69) is 0 Å². The zero-order chi connectivity index (χ0) is 11.8. The largest absolute Gasteiger partial charge is 0.430 e. The van der Waals surface area contributed by atoms with Crippen LogP contribution in [0.4, 0.5) is 13.2 Å². The predicted octanol–water partition coefficient (Wildman–Crippen LogP) is 3.11. The lowest BCUT2D eigenvalue weighted by atomic mass is 10.0. The Morgan fingerprint density at radius 2 is 2.06 bits per heavy atom. The minimum atomic E-state index is -4.45. The summed E-state index contributed by atoms with van der Waals surface area (Å²) in [6.07, 6.45) is 0.0512. The van der Waals surface area contributed by atoms with Crippen LogP contribution in [0, 0.1) is 5.92 Å². The lowest BCUT2D eigenvalue weighted by Gasteiger charge is -2.17. The quantitative estimate of drug-likeness (QED) is 0.684. The number of halogens is 3. The van der Waals surface area contributed by atoms with Crippen LogP contribution in [-0.2, 0) is 9.53 Å². The molecule has 16 heavy (non-hydrogen) atoms. The first-order valence-corrected chi connectivity index (χ1v) is 5.17. The molecule has 0 radical (unpaired) electrons. The highest BCUT2D eigenvalue weighted by Gasteiger charge is 2.38. The fraction of sp³-hybridized carbons (Fsp3) is 0.545. The maximum Gasteiger partial charge on any atom is 0.419 e. The molecule has 0 amide bonds. The van der Waals surface area contributed by atoms with E-state index in [4.69, 9.17) is 4.74 Å². The van der Waals surface area contributed by atoms with Crippen molar-refractivity contribution in [2.45, 2.75) is 31.9 Å². The lowest BCUT2D eigenvalue weighted by Crippen LogP contribution is -2.18. The first-order chi connectivity index (χ1) is 7.48. The summed E-state index contributed by atoms with van der Waals surface area (Å²) in [6, 6.07) is 0. The summed E-state index contributed by atoms with van der Waals surface area (Å²) in [5, 5.41) is 0. The molecule has 0 N–H and O–H groups in total. The summed E-state index contributed by atoms with van der Waals surface area (Å²) in [4.78, 5) is 11.3. The molecule has 2 aliphatic rings. The Labute approximate surface area is 90.8 Å². The van der Waals surface area contributed by atoms with Gasteiger partial charge in [-0.25, -0.2) is 0 Å². The predicted molar refractivity (Wildman–Crippen MR) is 50.3 cm³/mol. The second-order valence-electron chi connectivity index (χ2n) is 3.97. The fourth-order valence-electron chi connectivity index (χ4n) is 1.53. The van der Waals surface area contributed by atoms with Gasteiger partial charge in [0, 0.05) is 6.42 Å². The fourth-order valence-corrected chi connectivity index (χ4v) is 1.53. The molecule has 2 nitrogen and oxygen atoms in total. The first-order valence-electron chi connectivity index (χ1n) is 5.17. The second kappa shape index (κ2) is 3.96. The van der Waals surface area contributed by atoms with E-state index in [0.717, 1.165) is 18.9 Å². The molecule has 0 aromatic heterocycles. The van der Waals surface area contributed by atoms with Crippen molar-refractivity contribution in [3.63, 3.8) is 0 Å². The molecule has 1 fully saturated rings. The van der Waals surface area contributed by atoms with Gasteiger partial charge in [0.1, 0.15) is 5.76 Å². The molecule has 2 rings (SSSR count). The Hall–Kier alpha value is -1.26. The zero-order valence-corrected chi connectivity index (χ0v) is 8.51. The molecule has 0 bridgehead atoms. The molecule has 88 valence electrons. The highest BCUT2D eigenvalue weighted by molar-refractivity contribution is 5.76. The SMILES string of the molecule is O=C(OC1=C(C(F)(F)F)C=CCC1)C1CC1. The summed E-state index contributed by atoms with van der Waals surface area (Å²) in [5.41, 5.74) is -0.826. The number of hydrogen-bond donors (Lipinski definition) is 0. The van der Waals surface area contributed by atoms with E-state index >= 15 is 0 Å². The maximum atomic E-state index is 12.6. The summed E-state index contributed by atoms with van der Waals surface area (Å²) in [7, 11) is 0. The van der Waals surface area contributed by atoms with Gasteiger partial charge >= 0.3 is 12.1 Å². The van der Waals surface area contributed by atoms with Crippen LogP contribution in [0.1, 0.15) is 25.7 Å². The molecule has 0 saturated heterocycles. The smallest absolute Gasteiger partial charge is 0.419 e. The molecule has 2 aliphatic carbocycles. The van der Waals surface area contributed by atoms with Crippen LogP contribution < -0.4 is 0 Å². The van der Waals surface area contributed by atoms with Gasteiger partial charge in [0.25, 0.3) is 0 Å². The number of allylic oxidation sites excluding steroid dienone is 4. The van der Waals surface area contributed by atoms with E-state index in [1.165, 1.54) is 6.08 Å². The van der Waals surface area contributed by atoms with Gasteiger partial charge in [-0.2, -0.15) is 13.2 Å². The third-order valence-corrected chi connectivity index (χ3v) is 2.56. The van der Waals surface area contributed by atoms with Gasteiger partial charge in [-0.05, 0) is 19.3 Å². The van der Waals surface area contributed by atoms with Crippen LogP contribution in [0.3, 0.4) is 0 Å². The molecule has 1 saturated carbocycles. The van der Waals surface area contributed by atoms with Gasteiger partial charge in [-0.1, -0.05) is 12.2 Å². The van der Waals surface area contributed by atoms with E-state index < -0.39 is 17.7 Å². The van der Waals surface area contributed by atoms with Crippen LogP contribution in [-0.4, -0.2) is 12.1 Å². The Morgan fingerprint density at radius 3 is 2.62 bits per heavy atom. The van der Waals surface area contributed by atoms with Crippen LogP contribution >= 0.6 is 0 Å². The second-order valence-corrected chi connectivity index (χ2v) is 3.97. The minimum Gasteiger partial charge on any atom is -0.430 e. The molecular weight excluding hydrogens is 221 g/mol. The van der Waals surface area contributed by atoms with Gasteiger partial charge < -0.3 is 4.74 Å². The van der Waals surface area contributed by atoms with Crippen molar-refractivity contribution >= 4 is 5.97 Å². The lowest BCUT2D eigenvalue weighted by molar-refractivity contribution is -0.142. The van der Waals surface area contributed by atoms with Crippen LogP contribution in [0.25, 0.3) is 0 Å². The van der Waals surface area contributed by atoms with Crippen LogP contribution in [0.5, 0.6) is 0 Å². The third-order valence-electron chi connectivity index (χ3n) is 2.56. The van der Waals surface area contributed by atoms with Crippen LogP contribution in [0.2, 0.25) is 0 Å². The van der Waals surface area contributed by atoms with E-state index in [1.54, 1.807) is 0 Å². The Balaban J connectivity index is 2.16. The number of carbonyl (C=O) groups excluding carboxylic acids is 1. The van der Waals surface area contributed by atoms with Crippen molar-refractivity contribution in [1.29, 1.82) is 0 Å². The molecule has 0 atom stereocenters. The Bertz CT molecular complexity index is 362. The highest BCUT2D eigenvalue weighted by Crippen LogP contribution is 2.36. The van der Waals surface area contributed by atoms with Gasteiger partial charge in [0.05, 0.1) is 11.5 Å². The highest BCUT2D eigenvalue weighted by atomic mass is 19.4. The topological polar surface area (TPSA) is 26.3 Å². The van der Waals surface area contributed by atoms with Crippen molar-refractivity contribution in [2.75, 3.05) is 0 Å². The van der Waals surface area contributed by atoms with Crippen molar-refractivity contribution in [1.82, 2.24) is 0 Å². The summed E-state index contributed by atoms with van der Waals surface area (Å²) < 4.78 is 42.5. The Morgan fingerprint density at radius 1 is 1.38 bits per heavy atom. The van der Waals surface area contributed by atoms with E-state index in [0.29, 0.717) is 6.42 Å². The van der Waals surface area contributed by atoms with Gasteiger partial charge in [-0.3, -0.25) is 4.79 Å². The van der Waals surface area contributed by atoms with Crippen LogP contribution in [0.15, 0.2) is 23.5 Å². The van der Waals surface area contributed by atoms with Gasteiger partial charge in [0.2, 0.25) is 0 Å². The van der Waals surface area contributed by atoms with Gasteiger partial charge in [0.15, 0.2) is 0 Å². The normalized spacial score (nSPS) is 21.2. The minimum absolute atomic E-state index is 0.143. The average Bonchev–Trinajstić information content (AvgIpc) is 2.99. The standard InChI is InChI=1S/C11H11F3O2/c12-11(13,14)8-3-1-2-4-9(8)16-10(15)7-5-6-7/h1,3,7H,2,4-6H2. The monoisotopic (exact) mass is 232 g/mol. The number of hydrogen-bond acceptors (Lipinski definition) is 2. The molecule has 0 heterocycles. The first kappa shape index (κ1) is 11.2. The van der Waals surface area contributed by atoms with E-state index in [9.17, 15) is 18.0 Å². The van der Waals surface area contributed by atoms with Crippen molar-refractivity contribution < 1.29 is 22.7 Å². The zero-order valence-electron chi connectivity index (χ0n) is 8.51. The number of rotatable bonds is 2. The maximum absolute atomic E-state index is 12.6. The van der Waals surface area contributed by atoms with Crippen molar-refractivity contribution in [3.05, 3.63) is 23.5 Å². The molecule has 0 aromatic carbocycles. The molecule has 0 unspecified atom stereocenters. The third kappa shape index (κ3) is 2.46. The summed E-state index contributed by atoms with van der Waals surface area (Å²) in [5.74, 6) is -0.938. The van der Waals surface area contributed by atoms with Crippen molar-refractivity contribution in [2.24, 2.45) is 5.92 Å². The molecule has 0 aliphatic heterocycles. The number of carbonyl (C=O) groups is 1. The number of alkyl halides is 3. The number of esters is 1. The average molecular weight is 232 g/mol. The summed E-state index contributed by atoms with van der Waals surface area (Å²) in [6.45, 7) is 0. The molecule has 0 spiro atoms. The van der Waals surface area contributed by atoms with E-state index in [-0.39, 0.29) is 18.1 Å². The van der Waals surface area contributed by atoms with Crippen molar-refractivity contribution in [3.8, 4) is 0 Å². The molecular formula is C11H11F3O2. The Kier molecular flexibility index (Phi) is 2.78. The molecule has 5 heteroatoms. The van der Waals surface area contributed by atoms with E-state index in [1.807, 2.05) is 0 Å². The summed E-state index contributed by atoms with van der Waals surface area (Å²) >= 11 is 0.